The van der Waals surface area contributed by atoms with Crippen LogP contribution in [0.25, 0.3) is 0 Å². The Labute approximate surface area is 254 Å². The van der Waals surface area contributed by atoms with Crippen molar-refractivity contribution in [1.29, 1.82) is 0 Å². The molecule has 7 nitrogen and oxygen atoms in total. The molecule has 0 fully saturated rings. The fraction of sp³-hybridized carbons (Fsp3) is 0.500. The Morgan fingerprint density at radius 3 is 1.60 bits per heavy atom. The van der Waals surface area contributed by atoms with Gasteiger partial charge >= 0.3 is 59.1 Å². The number of ether oxygens (including phenoxy) is 1. The molecule has 0 aliphatic rings. The fourth-order valence-electron chi connectivity index (χ4n) is 3.61. The molecule has 2 rings (SSSR count). The van der Waals surface area contributed by atoms with Crippen molar-refractivity contribution in [3.8, 4) is 11.5 Å². The summed E-state index contributed by atoms with van der Waals surface area (Å²) in [6.07, 6.45) is 12.5. The zero-order valence-corrected chi connectivity index (χ0v) is 26.6. The number of rotatable bonds is 15. The third-order valence-corrected chi connectivity index (χ3v) is 7.06. The van der Waals surface area contributed by atoms with E-state index < -0.39 is 25.1 Å². The second-order valence-corrected chi connectivity index (χ2v) is 11.0. The number of benzene rings is 2. The summed E-state index contributed by atoms with van der Waals surface area (Å²) in [6.45, 7) is 2.21. The molecule has 0 radical (unpaired) electrons. The molecule has 184 valence electrons. The van der Waals surface area contributed by atoms with E-state index in [0.717, 1.165) is 37.5 Å². The molecule has 0 unspecified atom stereocenters. The van der Waals surface area contributed by atoms with Crippen LogP contribution in [0.15, 0.2) is 52.3 Å². The molecule has 0 N–H and O–H groups in total. The van der Waals surface area contributed by atoms with E-state index in [1.807, 2.05) is 0 Å². The largest absolute Gasteiger partial charge is 1.00 e. The van der Waals surface area contributed by atoms with Crippen molar-refractivity contribution in [2.75, 3.05) is 0 Å². The molecule has 0 aliphatic heterocycles. The predicted octanol–water partition coefficient (Wildman–Crippen LogP) is -0.241. The first-order valence-corrected chi connectivity index (χ1v) is 14.2. The minimum absolute atomic E-state index is 0. The van der Waals surface area contributed by atoms with Gasteiger partial charge in [-0.25, -0.2) is 16.8 Å². The molecule has 0 atom stereocenters. The van der Waals surface area contributed by atoms with Crippen LogP contribution in [-0.2, 0) is 26.7 Å². The Hall–Kier alpha value is 0.0600. The van der Waals surface area contributed by atoms with E-state index >= 15 is 0 Å². The van der Waals surface area contributed by atoms with Gasteiger partial charge in [-0.3, -0.25) is 0 Å². The maximum atomic E-state index is 11.6. The van der Waals surface area contributed by atoms with Gasteiger partial charge in [-0.1, -0.05) is 64.7 Å². The Kier molecular flexibility index (Phi) is 17.6. The van der Waals surface area contributed by atoms with Gasteiger partial charge in [0.2, 0.25) is 0 Å². The zero-order chi connectivity index (χ0) is 24.3. The maximum Gasteiger partial charge on any atom is 1.00 e. The fourth-order valence-corrected chi connectivity index (χ4v) is 4.63. The number of hydrogen-bond acceptors (Lipinski definition) is 7. The Morgan fingerprint density at radius 2 is 1.11 bits per heavy atom. The standard InChI is InChI=1S/C24H34O7S2.2Na/c1-2-3-4-5-6-7-8-9-10-11-12-20-17-22(19-24(18-20)33(28,29)30)31-21-13-15-23(16-14-21)32(25,26)27;;/h13-19H,2-12H2,1H3,(H,25,26,27)(H,28,29,30);;/q;2*+1/p-2. The van der Waals surface area contributed by atoms with Crippen LogP contribution in [0.2, 0.25) is 0 Å². The molecule has 2 aromatic rings. The van der Waals surface area contributed by atoms with Crippen molar-refractivity contribution >= 4 is 20.2 Å². The normalized spacial score (nSPS) is 11.4. The molecule has 0 heterocycles. The van der Waals surface area contributed by atoms with Gasteiger partial charge in [0.1, 0.15) is 31.7 Å². The van der Waals surface area contributed by atoms with E-state index in [9.17, 15) is 25.9 Å². The first-order chi connectivity index (χ1) is 15.6. The third-order valence-electron chi connectivity index (χ3n) is 5.40. The molecule has 35 heavy (non-hydrogen) atoms. The molecular weight excluding hydrogens is 510 g/mol. The molecule has 0 aromatic heterocycles. The summed E-state index contributed by atoms with van der Waals surface area (Å²) in [7, 11) is -9.25. The second-order valence-electron chi connectivity index (χ2n) is 8.23. The molecule has 0 bridgehead atoms. The van der Waals surface area contributed by atoms with Crippen molar-refractivity contribution in [1.82, 2.24) is 0 Å². The molecule has 0 spiro atoms. The van der Waals surface area contributed by atoms with Crippen LogP contribution in [0.4, 0.5) is 0 Å². The third kappa shape index (κ3) is 14.0. The molecule has 0 amide bonds. The van der Waals surface area contributed by atoms with Gasteiger partial charge in [-0.2, -0.15) is 0 Å². The molecule has 0 saturated carbocycles. The van der Waals surface area contributed by atoms with E-state index in [4.69, 9.17) is 4.74 Å². The summed E-state index contributed by atoms with van der Waals surface area (Å²) in [5.74, 6) is 0.375. The number of hydrogen-bond donors (Lipinski definition) is 0. The van der Waals surface area contributed by atoms with E-state index in [1.54, 1.807) is 6.07 Å². The van der Waals surface area contributed by atoms with Gasteiger partial charge in [-0.05, 0) is 60.9 Å². The van der Waals surface area contributed by atoms with Crippen molar-refractivity contribution < 1.29 is 89.8 Å². The zero-order valence-electron chi connectivity index (χ0n) is 21.0. The van der Waals surface area contributed by atoms with E-state index in [0.29, 0.717) is 12.0 Å². The van der Waals surface area contributed by atoms with Crippen molar-refractivity contribution in [3.63, 3.8) is 0 Å². The van der Waals surface area contributed by atoms with Crippen molar-refractivity contribution in [3.05, 3.63) is 48.0 Å². The second kappa shape index (κ2) is 17.5. The van der Waals surface area contributed by atoms with Gasteiger partial charge in [0.05, 0.1) is 9.79 Å². The maximum absolute atomic E-state index is 11.6. The van der Waals surface area contributed by atoms with Crippen LogP contribution in [0, 0.1) is 0 Å². The van der Waals surface area contributed by atoms with Crippen LogP contribution < -0.4 is 63.9 Å². The summed E-state index contributed by atoms with van der Waals surface area (Å²) in [5, 5.41) is 0. The topological polar surface area (TPSA) is 124 Å². The molecule has 11 heteroatoms. The molecular formula is C24H32Na2O7S2. The van der Waals surface area contributed by atoms with Gasteiger partial charge < -0.3 is 13.8 Å². The van der Waals surface area contributed by atoms with Crippen molar-refractivity contribution in [2.24, 2.45) is 0 Å². The van der Waals surface area contributed by atoms with E-state index in [-0.39, 0.29) is 75.5 Å². The van der Waals surface area contributed by atoms with Crippen LogP contribution in [0.3, 0.4) is 0 Å². The Morgan fingerprint density at radius 1 is 0.629 bits per heavy atom. The quantitative estimate of drug-likeness (QED) is 0.173. The average Bonchev–Trinajstić information content (AvgIpc) is 2.74. The van der Waals surface area contributed by atoms with Crippen LogP contribution in [-0.4, -0.2) is 25.9 Å². The van der Waals surface area contributed by atoms with Gasteiger partial charge in [0, 0.05) is 0 Å². The number of aryl methyl sites for hydroxylation is 1. The minimum atomic E-state index is -4.67. The van der Waals surface area contributed by atoms with Gasteiger partial charge in [-0.15, -0.1) is 0 Å². The van der Waals surface area contributed by atoms with E-state index in [1.165, 1.54) is 63.1 Å². The van der Waals surface area contributed by atoms with Crippen LogP contribution in [0.5, 0.6) is 11.5 Å². The van der Waals surface area contributed by atoms with Gasteiger partial charge in [0.25, 0.3) is 0 Å². The first kappa shape index (κ1) is 35.1. The summed E-state index contributed by atoms with van der Waals surface area (Å²) < 4.78 is 73.5. The van der Waals surface area contributed by atoms with Crippen LogP contribution in [0.1, 0.15) is 76.7 Å². The molecule has 2 aromatic carbocycles. The Bertz CT molecular complexity index is 1090. The SMILES string of the molecule is CCCCCCCCCCCCc1cc(Oc2ccc(S(=O)(=O)[O-])cc2)cc(S(=O)(=O)[O-])c1.[Na+].[Na+]. The summed E-state index contributed by atoms with van der Waals surface area (Å²) in [4.78, 5) is -0.770. The van der Waals surface area contributed by atoms with Crippen LogP contribution >= 0.6 is 0 Å². The van der Waals surface area contributed by atoms with E-state index in [2.05, 4.69) is 6.92 Å². The summed E-state index contributed by atoms with van der Waals surface area (Å²) in [5.41, 5.74) is 0.681. The first-order valence-electron chi connectivity index (χ1n) is 11.4. The minimum Gasteiger partial charge on any atom is -0.744 e. The molecule has 0 saturated heterocycles. The predicted molar refractivity (Wildman–Crippen MR) is 124 cm³/mol. The summed E-state index contributed by atoms with van der Waals surface area (Å²) >= 11 is 0. The smallest absolute Gasteiger partial charge is 0.744 e. The summed E-state index contributed by atoms with van der Waals surface area (Å²) in [6, 6.07) is 8.99. The average molecular weight is 543 g/mol. The monoisotopic (exact) mass is 542 g/mol. The van der Waals surface area contributed by atoms with Crippen molar-refractivity contribution in [2.45, 2.75) is 87.3 Å². The van der Waals surface area contributed by atoms with Gasteiger partial charge in [0.15, 0.2) is 0 Å². The Balaban J connectivity index is 0.00000578. The molecule has 0 aliphatic carbocycles. The number of unbranched alkanes of at least 4 members (excludes halogenated alkanes) is 9.